The maximum absolute atomic E-state index is 6.64. The number of nitrogens with zero attached hydrogens (tertiary/aromatic N) is 5. The molecule has 7 heteroatoms. The fourth-order valence-corrected chi connectivity index (χ4v) is 6.90. The van der Waals surface area contributed by atoms with Crippen LogP contribution in [-0.4, -0.2) is 33.4 Å². The molecule has 7 rings (SSSR count). The first-order valence-electron chi connectivity index (χ1n) is 16.8. The van der Waals surface area contributed by atoms with E-state index < -0.39 is 0 Å². The molecule has 3 aromatic heterocycles. The molecular formula is C43H43N5OPd. The first kappa shape index (κ1) is 35.1. The third-order valence-corrected chi connectivity index (χ3v) is 9.41. The van der Waals surface area contributed by atoms with Crippen molar-refractivity contribution in [2.75, 3.05) is 19.0 Å². The van der Waals surface area contributed by atoms with Gasteiger partial charge in [-0.3, -0.25) is 4.68 Å². The molecule has 3 heterocycles. The van der Waals surface area contributed by atoms with Crippen LogP contribution in [0.3, 0.4) is 0 Å². The zero-order valence-corrected chi connectivity index (χ0v) is 32.0. The molecule has 7 aromatic rings. The van der Waals surface area contributed by atoms with Gasteiger partial charge in [0.05, 0.1) is 5.69 Å². The number of aromatic nitrogens is 4. The van der Waals surface area contributed by atoms with E-state index in [1.165, 1.54) is 22.4 Å². The Morgan fingerprint density at radius 1 is 0.760 bits per heavy atom. The van der Waals surface area contributed by atoms with Crippen molar-refractivity contribution in [3.05, 3.63) is 125 Å². The van der Waals surface area contributed by atoms with Gasteiger partial charge in [-0.05, 0) is 104 Å². The molecule has 0 fully saturated rings. The van der Waals surface area contributed by atoms with E-state index in [0.717, 1.165) is 61.4 Å². The number of pyridine rings is 1. The number of anilines is 1. The number of ether oxygens (including phenoxy) is 1. The zero-order chi connectivity index (χ0) is 34.8. The summed E-state index contributed by atoms with van der Waals surface area (Å²) in [6.45, 7) is 17.3. The monoisotopic (exact) mass is 751 g/mol. The predicted molar refractivity (Wildman–Crippen MR) is 202 cm³/mol. The van der Waals surface area contributed by atoms with E-state index in [9.17, 15) is 0 Å². The second-order valence-corrected chi connectivity index (χ2v) is 14.4. The molecule has 0 saturated carbocycles. The molecule has 0 spiro atoms. The van der Waals surface area contributed by atoms with Crippen molar-refractivity contribution in [2.45, 2.75) is 60.8 Å². The summed E-state index contributed by atoms with van der Waals surface area (Å²) in [6.07, 6.45) is 1.85. The Morgan fingerprint density at radius 3 is 2.16 bits per heavy atom. The smallest absolute Gasteiger partial charge is 0.509 e. The number of hydrogen-bond acceptors (Lipinski definition) is 4. The summed E-state index contributed by atoms with van der Waals surface area (Å²) in [6, 6.07) is 32.5. The van der Waals surface area contributed by atoms with Crippen LogP contribution in [0.15, 0.2) is 79.0 Å². The van der Waals surface area contributed by atoms with Crippen molar-refractivity contribution in [2.24, 2.45) is 0 Å². The van der Waals surface area contributed by atoms with Crippen molar-refractivity contribution < 1.29 is 25.2 Å². The van der Waals surface area contributed by atoms with Gasteiger partial charge in [0.1, 0.15) is 5.82 Å². The molecule has 6 nitrogen and oxygen atoms in total. The fourth-order valence-electron chi connectivity index (χ4n) is 6.90. The van der Waals surface area contributed by atoms with E-state index in [1.807, 2.05) is 23.0 Å². The van der Waals surface area contributed by atoms with Crippen LogP contribution in [0.4, 0.5) is 5.69 Å². The Morgan fingerprint density at radius 2 is 1.48 bits per heavy atom. The van der Waals surface area contributed by atoms with Gasteiger partial charge >= 0.3 is 20.4 Å². The van der Waals surface area contributed by atoms with Crippen molar-refractivity contribution in [1.82, 2.24) is 19.3 Å². The number of rotatable bonds is 6. The van der Waals surface area contributed by atoms with Crippen molar-refractivity contribution in [1.29, 1.82) is 0 Å². The Hall–Kier alpha value is -4.70. The number of fused-ring (bicyclic) bond motifs is 3. The van der Waals surface area contributed by atoms with Crippen molar-refractivity contribution in [3.63, 3.8) is 0 Å². The van der Waals surface area contributed by atoms with Crippen LogP contribution in [0.5, 0.6) is 11.5 Å². The molecule has 0 radical (unpaired) electrons. The molecule has 0 N–H and O–H groups in total. The van der Waals surface area contributed by atoms with Crippen LogP contribution in [-0.2, 0) is 25.8 Å². The van der Waals surface area contributed by atoms with E-state index in [-0.39, 0.29) is 25.8 Å². The summed E-state index contributed by atoms with van der Waals surface area (Å²) in [4.78, 5) is 6.87. The van der Waals surface area contributed by atoms with Gasteiger partial charge in [0.2, 0.25) is 0 Å². The fraction of sp³-hybridized carbons (Fsp3) is 0.256. The Bertz CT molecular complexity index is 2370. The molecule has 0 bridgehead atoms. The summed E-state index contributed by atoms with van der Waals surface area (Å²) < 4.78 is 10.8. The number of hydrogen-bond donors (Lipinski definition) is 0. The molecular weight excluding hydrogens is 709 g/mol. The summed E-state index contributed by atoms with van der Waals surface area (Å²) in [5.74, 6) is 2.08. The number of aryl methyl sites for hydroxylation is 4. The SMILES string of the molecule is Cc1ccnc(-n2c3[c-]c(Oc4[c-]c(-n5nc(C)c(-c6c(C)cc(N(C)C)cc6C)c5C)cc(C(C)(C)C)c4)ccc3c3ccccc32)c1.[Pd+2]. The summed E-state index contributed by atoms with van der Waals surface area (Å²) in [7, 11) is 4.16. The largest absolute Gasteiger partial charge is 2.00 e. The van der Waals surface area contributed by atoms with Gasteiger partial charge in [-0.15, -0.1) is 41.3 Å². The Labute approximate surface area is 309 Å². The van der Waals surface area contributed by atoms with Gasteiger partial charge in [0.25, 0.3) is 0 Å². The average Bonchev–Trinajstić information content (AvgIpc) is 3.53. The van der Waals surface area contributed by atoms with Crippen LogP contribution in [0.25, 0.3) is 44.4 Å². The van der Waals surface area contributed by atoms with Gasteiger partial charge in [-0.1, -0.05) is 44.5 Å². The van der Waals surface area contributed by atoms with Crippen LogP contribution in [0.2, 0.25) is 0 Å². The number of para-hydroxylation sites is 1. The van der Waals surface area contributed by atoms with Crippen molar-refractivity contribution >= 4 is 27.5 Å². The van der Waals surface area contributed by atoms with Crippen LogP contribution >= 0.6 is 0 Å². The predicted octanol–water partition coefficient (Wildman–Crippen LogP) is 10.3. The van der Waals surface area contributed by atoms with E-state index in [4.69, 9.17) is 14.8 Å². The maximum Gasteiger partial charge on any atom is 2.00 e. The van der Waals surface area contributed by atoms with E-state index in [2.05, 4.69) is 152 Å². The molecule has 0 aliphatic heterocycles. The van der Waals surface area contributed by atoms with E-state index >= 15 is 0 Å². The quantitative estimate of drug-likeness (QED) is 0.125. The first-order chi connectivity index (χ1) is 23.3. The Kier molecular flexibility index (Phi) is 9.28. The molecule has 50 heavy (non-hydrogen) atoms. The molecule has 0 atom stereocenters. The summed E-state index contributed by atoms with van der Waals surface area (Å²) >= 11 is 0. The van der Waals surface area contributed by atoms with Gasteiger partial charge in [-0.25, -0.2) is 4.98 Å². The zero-order valence-electron chi connectivity index (χ0n) is 30.5. The molecule has 0 aliphatic rings. The molecule has 0 unspecified atom stereocenters. The number of benzene rings is 4. The second-order valence-electron chi connectivity index (χ2n) is 14.4. The molecule has 4 aromatic carbocycles. The van der Waals surface area contributed by atoms with Gasteiger partial charge < -0.3 is 14.2 Å². The average molecular weight is 752 g/mol. The van der Waals surface area contributed by atoms with Crippen molar-refractivity contribution in [3.8, 4) is 34.1 Å². The summed E-state index contributed by atoms with van der Waals surface area (Å²) in [5.41, 5.74) is 13.1. The third-order valence-electron chi connectivity index (χ3n) is 9.41. The van der Waals surface area contributed by atoms with Crippen LogP contribution < -0.4 is 9.64 Å². The standard InChI is InChI=1S/C43H43N5O.Pd/c1-26-17-18-44-40(19-26)47-38-14-12-11-13-36(38)37-16-15-34(25-39(37)47)49-35-23-31(43(6,7)8)22-33(24-35)48-30(5)42(29(4)45-48)41-27(2)20-32(46(9)10)21-28(41)3;/h11-23H,1-10H3;/q-2;+2. The minimum atomic E-state index is -0.132. The van der Waals surface area contributed by atoms with E-state index in [1.54, 1.807) is 0 Å². The molecule has 0 aliphatic carbocycles. The van der Waals surface area contributed by atoms with Gasteiger partial charge in [0.15, 0.2) is 0 Å². The van der Waals surface area contributed by atoms with E-state index in [0.29, 0.717) is 11.5 Å². The van der Waals surface area contributed by atoms with Crippen LogP contribution in [0, 0.1) is 46.8 Å². The van der Waals surface area contributed by atoms with Gasteiger partial charge in [0, 0.05) is 54.3 Å². The third kappa shape index (κ3) is 6.26. The second kappa shape index (κ2) is 13.2. The Balaban J connectivity index is 0.00000432. The summed E-state index contributed by atoms with van der Waals surface area (Å²) in [5, 5.41) is 7.33. The topological polar surface area (TPSA) is 48.1 Å². The maximum atomic E-state index is 6.64. The van der Waals surface area contributed by atoms with Crippen LogP contribution in [0.1, 0.15) is 54.4 Å². The van der Waals surface area contributed by atoms with Gasteiger partial charge in [-0.2, -0.15) is 11.2 Å². The molecule has 256 valence electrons. The molecule has 0 saturated heterocycles. The minimum absolute atomic E-state index is 0. The molecule has 0 amide bonds. The minimum Gasteiger partial charge on any atom is -0.509 e. The normalized spacial score (nSPS) is 11.6. The first-order valence-corrected chi connectivity index (χ1v) is 16.8.